The van der Waals surface area contributed by atoms with Crippen molar-refractivity contribution in [3.63, 3.8) is 0 Å². The number of amides is 2. The molecule has 1 unspecified atom stereocenters. The summed E-state index contributed by atoms with van der Waals surface area (Å²) in [5, 5.41) is 5.62. The number of anilines is 1. The molecular formula is C23H23N3O3. The molecule has 0 saturated carbocycles. The molecule has 0 radical (unpaired) electrons. The lowest BCUT2D eigenvalue weighted by molar-refractivity contribution is 0.0934. The van der Waals surface area contributed by atoms with Crippen LogP contribution in [0.4, 0.5) is 5.69 Å². The number of aromatic nitrogens is 1. The van der Waals surface area contributed by atoms with Gasteiger partial charge < -0.3 is 15.4 Å². The lowest BCUT2D eigenvalue weighted by Crippen LogP contribution is -2.32. The van der Waals surface area contributed by atoms with E-state index in [0.29, 0.717) is 11.4 Å². The summed E-state index contributed by atoms with van der Waals surface area (Å²) in [4.78, 5) is 28.9. The van der Waals surface area contributed by atoms with Crippen LogP contribution >= 0.6 is 0 Å². The quantitative estimate of drug-likeness (QED) is 0.616. The third-order valence-electron chi connectivity index (χ3n) is 4.30. The van der Waals surface area contributed by atoms with Gasteiger partial charge in [-0.2, -0.15) is 0 Å². The molecule has 0 bridgehead atoms. The van der Waals surface area contributed by atoms with E-state index in [1.54, 1.807) is 42.5 Å². The first-order chi connectivity index (χ1) is 14.0. The van der Waals surface area contributed by atoms with E-state index in [1.165, 1.54) is 0 Å². The highest BCUT2D eigenvalue weighted by molar-refractivity contribution is 6.03. The highest BCUT2D eigenvalue weighted by atomic mass is 16.5. The molecule has 6 nitrogen and oxygen atoms in total. The second kappa shape index (κ2) is 9.50. The van der Waals surface area contributed by atoms with Crippen LogP contribution in [0, 0.1) is 0 Å². The van der Waals surface area contributed by atoms with Gasteiger partial charge in [-0.15, -0.1) is 0 Å². The molecule has 2 amide bonds. The molecule has 1 heterocycles. The minimum Gasteiger partial charge on any atom is -0.457 e. The molecule has 1 atom stereocenters. The van der Waals surface area contributed by atoms with Gasteiger partial charge >= 0.3 is 0 Å². The maximum absolute atomic E-state index is 12.5. The van der Waals surface area contributed by atoms with Crippen LogP contribution in [-0.2, 0) is 0 Å². The zero-order chi connectivity index (χ0) is 20.6. The predicted octanol–water partition coefficient (Wildman–Crippen LogP) is 4.65. The predicted molar refractivity (Wildman–Crippen MR) is 112 cm³/mol. The van der Waals surface area contributed by atoms with Gasteiger partial charge in [0.1, 0.15) is 22.9 Å². The Balaban J connectivity index is 1.64. The Kier molecular flexibility index (Phi) is 6.58. The smallest absolute Gasteiger partial charge is 0.274 e. The van der Waals surface area contributed by atoms with E-state index in [9.17, 15) is 9.59 Å². The normalized spacial score (nSPS) is 11.4. The molecule has 29 heavy (non-hydrogen) atoms. The summed E-state index contributed by atoms with van der Waals surface area (Å²) in [7, 11) is 0. The van der Waals surface area contributed by atoms with Gasteiger partial charge in [-0.25, -0.2) is 4.98 Å². The lowest BCUT2D eigenvalue weighted by atomic mass is 10.2. The Labute approximate surface area is 169 Å². The molecular weight excluding hydrogens is 366 g/mol. The molecule has 0 saturated heterocycles. The summed E-state index contributed by atoms with van der Waals surface area (Å²) in [6, 6.07) is 21.3. The molecule has 0 aliphatic rings. The van der Waals surface area contributed by atoms with Crippen molar-refractivity contribution in [1.29, 1.82) is 0 Å². The zero-order valence-corrected chi connectivity index (χ0v) is 16.4. The second-order valence-electron chi connectivity index (χ2n) is 6.58. The SMILES string of the molecule is CCC(C)NC(=O)c1cccc(C(=O)Nc2ccc(Oc3ccccc3)cc2)n1. The van der Waals surface area contributed by atoms with Crippen molar-refractivity contribution in [3.8, 4) is 11.5 Å². The Bertz CT molecular complexity index is 972. The molecule has 3 rings (SSSR count). The molecule has 148 valence electrons. The first-order valence-electron chi connectivity index (χ1n) is 9.47. The molecule has 2 N–H and O–H groups in total. The summed E-state index contributed by atoms with van der Waals surface area (Å²) >= 11 is 0. The van der Waals surface area contributed by atoms with Gasteiger partial charge in [-0.05, 0) is 61.9 Å². The molecule has 6 heteroatoms. The van der Waals surface area contributed by atoms with Crippen LogP contribution in [0.1, 0.15) is 41.2 Å². The van der Waals surface area contributed by atoms with E-state index < -0.39 is 0 Å². The van der Waals surface area contributed by atoms with Crippen LogP contribution in [0.3, 0.4) is 0 Å². The molecule has 0 aliphatic heterocycles. The number of ether oxygens (including phenoxy) is 1. The zero-order valence-electron chi connectivity index (χ0n) is 16.4. The number of nitrogens with one attached hydrogen (secondary N) is 2. The summed E-state index contributed by atoms with van der Waals surface area (Å²) in [6.45, 7) is 3.90. The molecule has 3 aromatic rings. The number of hydrogen-bond acceptors (Lipinski definition) is 4. The topological polar surface area (TPSA) is 80.3 Å². The van der Waals surface area contributed by atoms with Crippen molar-refractivity contribution >= 4 is 17.5 Å². The minimum absolute atomic E-state index is 0.0402. The summed E-state index contributed by atoms with van der Waals surface area (Å²) in [6.07, 6.45) is 0.815. The van der Waals surface area contributed by atoms with Crippen LogP contribution in [0.5, 0.6) is 11.5 Å². The average molecular weight is 389 g/mol. The van der Waals surface area contributed by atoms with E-state index in [0.717, 1.165) is 12.2 Å². The Hall–Kier alpha value is -3.67. The number of carbonyl (C=O) groups excluding carboxylic acids is 2. The Morgan fingerprint density at radius 1 is 0.862 bits per heavy atom. The highest BCUT2D eigenvalue weighted by Crippen LogP contribution is 2.22. The van der Waals surface area contributed by atoms with E-state index in [-0.39, 0.29) is 29.2 Å². The first kappa shape index (κ1) is 20.1. The fourth-order valence-electron chi connectivity index (χ4n) is 2.51. The number of benzene rings is 2. The third kappa shape index (κ3) is 5.65. The van der Waals surface area contributed by atoms with E-state index in [1.807, 2.05) is 44.2 Å². The largest absolute Gasteiger partial charge is 0.457 e. The number of pyridine rings is 1. The van der Waals surface area contributed by atoms with Crippen molar-refractivity contribution in [2.75, 3.05) is 5.32 Å². The monoisotopic (exact) mass is 389 g/mol. The van der Waals surface area contributed by atoms with Crippen molar-refractivity contribution < 1.29 is 14.3 Å². The van der Waals surface area contributed by atoms with Crippen LogP contribution in [0.15, 0.2) is 72.8 Å². The molecule has 0 fully saturated rings. The minimum atomic E-state index is -0.389. The summed E-state index contributed by atoms with van der Waals surface area (Å²) in [5.41, 5.74) is 0.989. The number of hydrogen-bond donors (Lipinski definition) is 2. The van der Waals surface area contributed by atoms with Crippen LogP contribution in [-0.4, -0.2) is 22.8 Å². The molecule has 1 aromatic heterocycles. The number of carbonyl (C=O) groups is 2. The van der Waals surface area contributed by atoms with E-state index in [4.69, 9.17) is 4.74 Å². The van der Waals surface area contributed by atoms with Crippen molar-refractivity contribution in [1.82, 2.24) is 10.3 Å². The van der Waals surface area contributed by atoms with Gasteiger partial charge in [0.2, 0.25) is 0 Å². The fourth-order valence-corrected chi connectivity index (χ4v) is 2.51. The fraction of sp³-hybridized carbons (Fsp3) is 0.174. The van der Waals surface area contributed by atoms with Gasteiger partial charge in [0.15, 0.2) is 0 Å². The van der Waals surface area contributed by atoms with Crippen LogP contribution in [0.25, 0.3) is 0 Å². The van der Waals surface area contributed by atoms with E-state index >= 15 is 0 Å². The molecule has 0 spiro atoms. The van der Waals surface area contributed by atoms with Gasteiger partial charge in [0.05, 0.1) is 0 Å². The van der Waals surface area contributed by atoms with E-state index in [2.05, 4.69) is 15.6 Å². The van der Waals surface area contributed by atoms with Crippen molar-refractivity contribution in [2.24, 2.45) is 0 Å². The Morgan fingerprint density at radius 3 is 2.14 bits per heavy atom. The van der Waals surface area contributed by atoms with Crippen LogP contribution in [0.2, 0.25) is 0 Å². The first-order valence-corrected chi connectivity index (χ1v) is 9.47. The molecule has 0 aliphatic carbocycles. The van der Waals surface area contributed by atoms with Crippen molar-refractivity contribution in [2.45, 2.75) is 26.3 Å². The molecule has 2 aromatic carbocycles. The number of nitrogens with zero attached hydrogens (tertiary/aromatic N) is 1. The van der Waals surface area contributed by atoms with Crippen LogP contribution < -0.4 is 15.4 Å². The van der Waals surface area contributed by atoms with Gasteiger partial charge in [-0.3, -0.25) is 9.59 Å². The average Bonchev–Trinajstić information content (AvgIpc) is 2.75. The Morgan fingerprint density at radius 2 is 1.48 bits per heavy atom. The van der Waals surface area contributed by atoms with Gasteiger partial charge in [0, 0.05) is 11.7 Å². The number of rotatable bonds is 7. The second-order valence-corrected chi connectivity index (χ2v) is 6.58. The third-order valence-corrected chi connectivity index (χ3v) is 4.30. The maximum atomic E-state index is 12.5. The van der Waals surface area contributed by atoms with Gasteiger partial charge in [-0.1, -0.05) is 31.2 Å². The lowest BCUT2D eigenvalue weighted by Gasteiger charge is -2.11. The van der Waals surface area contributed by atoms with Gasteiger partial charge in [0.25, 0.3) is 11.8 Å². The maximum Gasteiger partial charge on any atom is 0.274 e. The number of para-hydroxylation sites is 1. The van der Waals surface area contributed by atoms with Crippen molar-refractivity contribution in [3.05, 3.63) is 84.2 Å². The summed E-state index contributed by atoms with van der Waals surface area (Å²) < 4.78 is 5.74. The highest BCUT2D eigenvalue weighted by Gasteiger charge is 2.14. The standard InChI is InChI=1S/C23H23N3O3/c1-3-16(2)24-22(27)20-10-7-11-21(26-20)23(28)25-17-12-14-19(15-13-17)29-18-8-5-4-6-9-18/h4-16H,3H2,1-2H3,(H,24,27)(H,25,28). The summed E-state index contributed by atoms with van der Waals surface area (Å²) in [5.74, 6) is 0.716.